The first-order valence-electron chi connectivity index (χ1n) is 8.72. The maximum absolute atomic E-state index is 12.5. The van der Waals surface area contributed by atoms with Crippen molar-refractivity contribution in [3.63, 3.8) is 0 Å². The van der Waals surface area contributed by atoms with Gasteiger partial charge in [0.25, 0.3) is 0 Å². The molecule has 0 spiro atoms. The Balaban J connectivity index is 1.61. The number of likely N-dealkylation sites (tertiary alicyclic amines) is 1. The van der Waals surface area contributed by atoms with E-state index in [0.717, 1.165) is 24.9 Å². The van der Waals surface area contributed by atoms with Crippen molar-refractivity contribution < 1.29 is 9.90 Å². The molecule has 6 heteroatoms. The van der Waals surface area contributed by atoms with Crippen LogP contribution in [0, 0.1) is 0 Å². The minimum Gasteiger partial charge on any atom is -0.388 e. The Hall–Kier alpha value is -2.31. The van der Waals surface area contributed by atoms with Crippen LogP contribution in [0.5, 0.6) is 0 Å². The molecule has 6 nitrogen and oxygen atoms in total. The normalized spacial score (nSPS) is 20.2. The molecule has 0 saturated carbocycles. The van der Waals surface area contributed by atoms with Crippen molar-refractivity contribution in [1.29, 1.82) is 0 Å². The predicted octanol–water partition coefficient (Wildman–Crippen LogP) is 2.39. The second kappa shape index (κ2) is 8.18. The number of hydrogen-bond acceptors (Lipinski definition) is 5. The molecule has 1 saturated heterocycles. The molecule has 1 amide bonds. The molecular formula is C19H24N4O2. The molecule has 132 valence electrons. The lowest BCUT2D eigenvalue weighted by molar-refractivity contribution is -0.121. The standard InChI is InChI=1S/C19H24N4O2/c1-14(18(25)22-19-20-10-6-11-21-19)23-12-5-9-16(23)13-17(24)15-7-3-2-4-8-15/h2-4,6-8,10-11,14,16-17,24H,5,9,12-13H2,1H3,(H,20,21,22,25). The van der Waals surface area contributed by atoms with Crippen LogP contribution in [0.1, 0.15) is 37.9 Å². The van der Waals surface area contributed by atoms with Gasteiger partial charge in [-0.05, 0) is 44.4 Å². The molecule has 3 atom stereocenters. The molecule has 0 bridgehead atoms. The van der Waals surface area contributed by atoms with Crippen molar-refractivity contribution >= 4 is 11.9 Å². The molecule has 1 aromatic heterocycles. The Morgan fingerprint density at radius 3 is 2.72 bits per heavy atom. The van der Waals surface area contributed by atoms with Crippen LogP contribution in [0.25, 0.3) is 0 Å². The largest absolute Gasteiger partial charge is 0.388 e. The van der Waals surface area contributed by atoms with E-state index in [1.54, 1.807) is 18.5 Å². The first kappa shape index (κ1) is 17.5. The van der Waals surface area contributed by atoms with Gasteiger partial charge in [0.2, 0.25) is 11.9 Å². The smallest absolute Gasteiger partial charge is 0.243 e. The first-order valence-corrected chi connectivity index (χ1v) is 8.72. The van der Waals surface area contributed by atoms with Gasteiger partial charge < -0.3 is 5.11 Å². The molecule has 2 heterocycles. The quantitative estimate of drug-likeness (QED) is 0.844. The summed E-state index contributed by atoms with van der Waals surface area (Å²) in [5.74, 6) is 0.201. The van der Waals surface area contributed by atoms with Gasteiger partial charge in [-0.25, -0.2) is 9.97 Å². The van der Waals surface area contributed by atoms with Gasteiger partial charge in [-0.2, -0.15) is 0 Å². The second-order valence-electron chi connectivity index (χ2n) is 6.43. The van der Waals surface area contributed by atoms with Gasteiger partial charge in [0, 0.05) is 18.4 Å². The van der Waals surface area contributed by atoms with Crippen molar-refractivity contribution in [2.24, 2.45) is 0 Å². The van der Waals surface area contributed by atoms with Gasteiger partial charge in [-0.15, -0.1) is 0 Å². The van der Waals surface area contributed by atoms with Crippen LogP contribution in [0.4, 0.5) is 5.95 Å². The fourth-order valence-electron chi connectivity index (χ4n) is 3.42. The minimum atomic E-state index is -0.514. The third-order valence-corrected chi connectivity index (χ3v) is 4.78. The number of carbonyl (C=O) groups excluding carboxylic acids is 1. The molecule has 2 N–H and O–H groups in total. The van der Waals surface area contributed by atoms with E-state index >= 15 is 0 Å². The highest BCUT2D eigenvalue weighted by molar-refractivity contribution is 5.93. The first-order chi connectivity index (χ1) is 12.1. The van der Waals surface area contributed by atoms with E-state index in [-0.39, 0.29) is 18.0 Å². The Kier molecular flexibility index (Phi) is 5.73. The fourth-order valence-corrected chi connectivity index (χ4v) is 3.42. The van der Waals surface area contributed by atoms with Crippen LogP contribution in [-0.2, 0) is 4.79 Å². The molecule has 25 heavy (non-hydrogen) atoms. The molecule has 0 radical (unpaired) electrons. The molecule has 1 aliphatic heterocycles. The van der Waals surface area contributed by atoms with E-state index in [0.29, 0.717) is 12.4 Å². The number of aromatic nitrogens is 2. The van der Waals surface area contributed by atoms with E-state index in [1.807, 2.05) is 37.3 Å². The van der Waals surface area contributed by atoms with Crippen LogP contribution >= 0.6 is 0 Å². The number of hydrogen-bond donors (Lipinski definition) is 2. The number of benzene rings is 1. The maximum atomic E-state index is 12.5. The number of carbonyl (C=O) groups is 1. The predicted molar refractivity (Wildman–Crippen MR) is 95.9 cm³/mol. The average Bonchev–Trinajstić information content (AvgIpc) is 3.10. The number of amides is 1. The maximum Gasteiger partial charge on any atom is 0.243 e. The third kappa shape index (κ3) is 4.41. The van der Waals surface area contributed by atoms with E-state index in [1.165, 1.54) is 0 Å². The van der Waals surface area contributed by atoms with Crippen molar-refractivity contribution in [2.75, 3.05) is 11.9 Å². The summed E-state index contributed by atoms with van der Waals surface area (Å²) in [5, 5.41) is 13.3. The summed E-state index contributed by atoms with van der Waals surface area (Å²) in [6.07, 6.45) is 5.34. The average molecular weight is 340 g/mol. The highest BCUT2D eigenvalue weighted by Gasteiger charge is 2.33. The van der Waals surface area contributed by atoms with Gasteiger partial charge in [0.05, 0.1) is 12.1 Å². The zero-order chi connectivity index (χ0) is 17.6. The van der Waals surface area contributed by atoms with E-state index in [2.05, 4.69) is 20.2 Å². The molecule has 1 aliphatic rings. The zero-order valence-electron chi connectivity index (χ0n) is 14.4. The van der Waals surface area contributed by atoms with Gasteiger partial charge in [-0.1, -0.05) is 30.3 Å². The second-order valence-corrected chi connectivity index (χ2v) is 6.43. The van der Waals surface area contributed by atoms with Crippen LogP contribution in [0.3, 0.4) is 0 Å². The lowest BCUT2D eigenvalue weighted by atomic mass is 10.00. The summed E-state index contributed by atoms with van der Waals surface area (Å²) >= 11 is 0. The summed E-state index contributed by atoms with van der Waals surface area (Å²) in [5.41, 5.74) is 0.921. The number of aliphatic hydroxyl groups excluding tert-OH is 1. The van der Waals surface area contributed by atoms with E-state index < -0.39 is 6.10 Å². The number of anilines is 1. The van der Waals surface area contributed by atoms with Crippen molar-refractivity contribution in [3.8, 4) is 0 Å². The summed E-state index contributed by atoms with van der Waals surface area (Å²) in [4.78, 5) is 22.7. The zero-order valence-corrected chi connectivity index (χ0v) is 14.4. The molecule has 2 aromatic rings. The number of rotatable bonds is 6. The highest BCUT2D eigenvalue weighted by atomic mass is 16.3. The topological polar surface area (TPSA) is 78.4 Å². The molecule has 0 aliphatic carbocycles. The fraction of sp³-hybridized carbons (Fsp3) is 0.421. The van der Waals surface area contributed by atoms with Crippen molar-refractivity contribution in [2.45, 2.75) is 44.4 Å². The summed E-state index contributed by atoms with van der Waals surface area (Å²) < 4.78 is 0. The van der Waals surface area contributed by atoms with Gasteiger partial charge in [0.1, 0.15) is 0 Å². The van der Waals surface area contributed by atoms with Crippen LogP contribution in [-0.4, -0.2) is 44.5 Å². The molecule has 1 fully saturated rings. The molecule has 1 aromatic carbocycles. The van der Waals surface area contributed by atoms with Crippen LogP contribution < -0.4 is 5.32 Å². The third-order valence-electron chi connectivity index (χ3n) is 4.78. The van der Waals surface area contributed by atoms with Gasteiger partial charge >= 0.3 is 0 Å². The minimum absolute atomic E-state index is 0.118. The number of aliphatic hydroxyl groups is 1. The summed E-state index contributed by atoms with van der Waals surface area (Å²) in [7, 11) is 0. The monoisotopic (exact) mass is 340 g/mol. The lowest BCUT2D eigenvalue weighted by Gasteiger charge is -2.31. The van der Waals surface area contributed by atoms with Crippen LogP contribution in [0.15, 0.2) is 48.8 Å². The van der Waals surface area contributed by atoms with Gasteiger partial charge in [0.15, 0.2) is 0 Å². The molecule has 3 rings (SSSR count). The summed E-state index contributed by atoms with van der Waals surface area (Å²) in [6.45, 7) is 2.75. The van der Waals surface area contributed by atoms with Crippen molar-refractivity contribution in [1.82, 2.24) is 14.9 Å². The Morgan fingerprint density at radius 2 is 2.00 bits per heavy atom. The number of nitrogens with one attached hydrogen (secondary N) is 1. The number of nitrogens with zero attached hydrogens (tertiary/aromatic N) is 3. The molecule has 3 unspecified atom stereocenters. The van der Waals surface area contributed by atoms with Gasteiger partial charge in [-0.3, -0.25) is 15.0 Å². The Bertz CT molecular complexity index is 680. The lowest BCUT2D eigenvalue weighted by Crippen LogP contribution is -2.45. The van der Waals surface area contributed by atoms with E-state index in [9.17, 15) is 9.90 Å². The SMILES string of the molecule is CC(C(=O)Nc1ncccn1)N1CCCC1CC(O)c1ccccc1. The molecular weight excluding hydrogens is 316 g/mol. The van der Waals surface area contributed by atoms with Crippen molar-refractivity contribution in [3.05, 3.63) is 54.4 Å². The van der Waals surface area contributed by atoms with Crippen LogP contribution in [0.2, 0.25) is 0 Å². The van der Waals surface area contributed by atoms with E-state index in [4.69, 9.17) is 0 Å². The highest BCUT2D eigenvalue weighted by Crippen LogP contribution is 2.29. The Labute approximate surface area is 147 Å². The summed E-state index contributed by atoms with van der Waals surface area (Å²) in [6, 6.07) is 11.3. The Morgan fingerprint density at radius 1 is 1.28 bits per heavy atom.